The second kappa shape index (κ2) is 25.9. The smallest absolute Gasteiger partial charge is 0.243 e. The zero-order valence-corrected chi connectivity index (χ0v) is 25.7. The average Bonchev–Trinajstić information content (AvgIpc) is 2.97. The van der Waals surface area contributed by atoms with E-state index in [1.54, 1.807) is 38.1 Å². The average molecular weight is 571 g/mol. The number of amides is 4. The van der Waals surface area contributed by atoms with Gasteiger partial charge in [-0.05, 0) is 25.3 Å². The number of nitrogens with one attached hydrogen (secondary N) is 5. The lowest BCUT2D eigenvalue weighted by Crippen LogP contribution is -2.53. The highest BCUT2D eigenvalue weighted by Crippen LogP contribution is 2.04. The van der Waals surface area contributed by atoms with E-state index in [4.69, 9.17) is 11.1 Å². The number of nitrogen functional groups attached to an aromatic ring is 1. The summed E-state index contributed by atoms with van der Waals surface area (Å²) >= 11 is 0. The number of unbranched alkanes of at least 4 members (excludes halogenated alkanes) is 1. The summed E-state index contributed by atoms with van der Waals surface area (Å²) in [6, 6.07) is 6.03. The highest BCUT2D eigenvalue weighted by atomic mass is 16.2. The molecule has 0 aromatic heterocycles. The third-order valence-electron chi connectivity index (χ3n) is 5.22. The number of carbonyl (C=O) groups is 4. The first-order valence-corrected chi connectivity index (χ1v) is 13.4. The summed E-state index contributed by atoms with van der Waals surface area (Å²) in [5, 5.41) is 17.4. The van der Waals surface area contributed by atoms with Gasteiger partial charge in [0.1, 0.15) is 11.9 Å². The van der Waals surface area contributed by atoms with Crippen LogP contribution in [0.25, 0.3) is 0 Å². The van der Waals surface area contributed by atoms with Crippen LogP contribution in [0.5, 0.6) is 0 Å². The summed E-state index contributed by atoms with van der Waals surface area (Å²) in [6.45, 7) is 16.5. The summed E-state index contributed by atoms with van der Waals surface area (Å²) in [5.41, 5.74) is 8.03. The maximum absolute atomic E-state index is 12.3. The van der Waals surface area contributed by atoms with Crippen LogP contribution in [-0.4, -0.2) is 48.6 Å². The Kier molecular flexibility index (Phi) is 25.9. The molecule has 0 radical (unpaired) electrons. The first-order chi connectivity index (χ1) is 19.3. The molecular weight excluding hydrogens is 520 g/mol. The predicted molar refractivity (Wildman–Crippen MR) is 168 cm³/mol. The van der Waals surface area contributed by atoms with Crippen molar-refractivity contribution in [3.63, 3.8) is 0 Å². The molecule has 1 unspecified atom stereocenters. The molecule has 1 atom stereocenters. The second-order valence-electron chi connectivity index (χ2n) is 9.04. The van der Waals surface area contributed by atoms with Gasteiger partial charge in [-0.1, -0.05) is 89.1 Å². The number of benzene rings is 1. The van der Waals surface area contributed by atoms with Crippen molar-refractivity contribution in [1.82, 2.24) is 21.3 Å². The fourth-order valence-corrected chi connectivity index (χ4v) is 2.42. The number of terminal acetylenes is 1. The van der Waals surface area contributed by atoms with Crippen molar-refractivity contribution in [2.45, 2.75) is 73.9 Å². The first kappa shape index (κ1) is 41.1. The molecule has 0 aliphatic rings. The molecule has 1 aromatic carbocycles. The lowest BCUT2D eigenvalue weighted by atomic mass is 10.0. The highest BCUT2D eigenvalue weighted by Gasteiger charge is 2.24. The van der Waals surface area contributed by atoms with Gasteiger partial charge in [0.05, 0.1) is 13.1 Å². The molecule has 0 saturated heterocycles. The summed E-state index contributed by atoms with van der Waals surface area (Å²) < 4.78 is 0. The maximum atomic E-state index is 12.3. The fraction of sp³-hybridized carbons (Fsp3) is 0.452. The van der Waals surface area contributed by atoms with Crippen LogP contribution in [0.2, 0.25) is 0 Å². The maximum Gasteiger partial charge on any atom is 0.243 e. The van der Waals surface area contributed by atoms with E-state index < -0.39 is 17.9 Å². The van der Waals surface area contributed by atoms with Crippen LogP contribution in [0.4, 0.5) is 0 Å². The summed E-state index contributed by atoms with van der Waals surface area (Å²) in [6.07, 6.45) is 14.5. The minimum absolute atomic E-state index is 0.0350. The van der Waals surface area contributed by atoms with Crippen molar-refractivity contribution in [3.05, 3.63) is 59.7 Å². The van der Waals surface area contributed by atoms with E-state index >= 15 is 0 Å². The van der Waals surface area contributed by atoms with Gasteiger partial charge in [0.2, 0.25) is 23.6 Å². The van der Waals surface area contributed by atoms with E-state index in [1.807, 2.05) is 26.0 Å². The highest BCUT2D eigenvalue weighted by molar-refractivity contribution is 5.95. The molecule has 0 spiro atoms. The molecule has 10 heteroatoms. The van der Waals surface area contributed by atoms with Crippen molar-refractivity contribution in [1.29, 1.82) is 5.41 Å². The van der Waals surface area contributed by atoms with Gasteiger partial charge >= 0.3 is 0 Å². The zero-order valence-electron chi connectivity index (χ0n) is 25.7. The minimum Gasteiger partial charge on any atom is -0.384 e. The van der Waals surface area contributed by atoms with E-state index in [0.29, 0.717) is 5.56 Å². The molecule has 0 aliphatic heterocycles. The quantitative estimate of drug-likeness (QED) is 0.0981. The minimum atomic E-state index is -0.830. The Morgan fingerprint density at radius 1 is 0.951 bits per heavy atom. The zero-order chi connectivity index (χ0) is 32.4. The third kappa shape index (κ3) is 23.2. The molecule has 0 heterocycles. The molecule has 228 valence electrons. The predicted octanol–water partition coefficient (Wildman–Crippen LogP) is 3.17. The number of rotatable bonds is 12. The van der Waals surface area contributed by atoms with Gasteiger partial charge < -0.3 is 27.0 Å². The molecule has 41 heavy (non-hydrogen) atoms. The van der Waals surface area contributed by atoms with Gasteiger partial charge in [-0.15, -0.1) is 12.8 Å². The molecule has 0 aliphatic carbocycles. The van der Waals surface area contributed by atoms with Crippen molar-refractivity contribution < 1.29 is 19.2 Å². The van der Waals surface area contributed by atoms with Gasteiger partial charge in [0.25, 0.3) is 0 Å². The van der Waals surface area contributed by atoms with E-state index in [-0.39, 0.29) is 43.2 Å². The van der Waals surface area contributed by atoms with Crippen LogP contribution >= 0.6 is 0 Å². The number of amidine groups is 1. The van der Waals surface area contributed by atoms with Crippen LogP contribution in [0, 0.1) is 24.2 Å². The summed E-state index contributed by atoms with van der Waals surface area (Å²) in [4.78, 5) is 47.0. The Balaban J connectivity index is -0.00000101. The monoisotopic (exact) mass is 570 g/mol. The summed E-state index contributed by atoms with van der Waals surface area (Å²) in [5.74, 6) is -1.96. The Hall–Kier alpha value is -4.39. The third-order valence-corrected chi connectivity index (χ3v) is 5.22. The van der Waals surface area contributed by atoms with Gasteiger partial charge in [-0.2, -0.15) is 0 Å². The standard InChI is InChI=1S/C19H28N6O4.C6H10.C4H10.C2H2/c1-11(2)17(25-16(28)10-22-12(3)26)19(29)24-9-15(27)23-8-13-4-6-14(7-5-13)18(20)21;1-4-6(3)5-2;1-3-4-2;1-2/h4-7,11,17H,8-10H2,1-3H3,(H3,20,21)(H,22,26)(H,23,27)(H,24,29)(H,25,28);4-5H,1H2,2-3H3;3-4H2,1-2H3;1-2H/b;6-5-;;. The Morgan fingerprint density at radius 2 is 1.46 bits per heavy atom. The fourth-order valence-electron chi connectivity index (χ4n) is 2.42. The summed E-state index contributed by atoms with van der Waals surface area (Å²) in [7, 11) is 0. The number of hydrogen-bond acceptors (Lipinski definition) is 5. The first-order valence-electron chi connectivity index (χ1n) is 13.4. The van der Waals surface area contributed by atoms with Crippen molar-refractivity contribution in [2.24, 2.45) is 11.7 Å². The number of hydrogen-bond donors (Lipinski definition) is 6. The van der Waals surface area contributed by atoms with Gasteiger partial charge in [-0.25, -0.2) is 0 Å². The van der Waals surface area contributed by atoms with Crippen LogP contribution in [-0.2, 0) is 25.7 Å². The Bertz CT molecular complexity index is 996. The lowest BCUT2D eigenvalue weighted by Gasteiger charge is -2.21. The molecular formula is C31H50N6O4. The van der Waals surface area contributed by atoms with Crippen LogP contribution < -0.4 is 27.0 Å². The van der Waals surface area contributed by atoms with Crippen molar-refractivity contribution in [3.8, 4) is 12.8 Å². The van der Waals surface area contributed by atoms with E-state index in [9.17, 15) is 19.2 Å². The van der Waals surface area contributed by atoms with E-state index in [1.165, 1.54) is 25.3 Å². The Morgan fingerprint density at radius 3 is 1.83 bits per heavy atom. The van der Waals surface area contributed by atoms with Crippen molar-refractivity contribution >= 4 is 29.5 Å². The molecule has 1 aromatic rings. The SMILES string of the molecule is C#C.C=C/C(C)=C\C.CC(=O)NCC(=O)NC(C(=O)NCC(=O)NCc1ccc(C(=N)N)cc1)C(C)C.CCCC. The molecule has 7 N–H and O–H groups in total. The van der Waals surface area contributed by atoms with Crippen molar-refractivity contribution in [2.75, 3.05) is 13.1 Å². The van der Waals surface area contributed by atoms with Gasteiger partial charge in [0.15, 0.2) is 0 Å². The molecule has 4 amide bonds. The topological polar surface area (TPSA) is 166 Å². The largest absolute Gasteiger partial charge is 0.384 e. The number of carbonyl (C=O) groups excluding carboxylic acids is 4. The van der Waals surface area contributed by atoms with Crippen LogP contribution in [0.1, 0.15) is 72.4 Å². The van der Waals surface area contributed by atoms with E-state index in [0.717, 1.165) is 5.56 Å². The molecule has 0 saturated carbocycles. The van der Waals surface area contributed by atoms with Crippen LogP contribution in [0.3, 0.4) is 0 Å². The molecule has 0 bridgehead atoms. The van der Waals surface area contributed by atoms with Gasteiger partial charge in [-0.3, -0.25) is 24.6 Å². The second-order valence-corrected chi connectivity index (χ2v) is 9.04. The Labute approximate surface area is 246 Å². The molecule has 0 fully saturated rings. The van der Waals surface area contributed by atoms with E-state index in [2.05, 4.69) is 54.5 Å². The van der Waals surface area contributed by atoms with Gasteiger partial charge in [0, 0.05) is 19.0 Å². The molecule has 1 rings (SSSR count). The molecule has 10 nitrogen and oxygen atoms in total. The lowest BCUT2D eigenvalue weighted by molar-refractivity contribution is -0.131. The number of allylic oxidation sites excluding steroid dienone is 3. The number of nitrogens with two attached hydrogens (primary N) is 1. The normalized spacial score (nSPS) is 10.4. The van der Waals surface area contributed by atoms with Crippen LogP contribution in [0.15, 0.2) is 48.6 Å².